The number of hydrogen-bond donors (Lipinski definition) is 1. The summed E-state index contributed by atoms with van der Waals surface area (Å²) in [5.41, 5.74) is 1.76. The molecule has 41 heavy (non-hydrogen) atoms. The van der Waals surface area contributed by atoms with Gasteiger partial charge in [-0.05, 0) is 66.4 Å². The van der Waals surface area contributed by atoms with Gasteiger partial charge in [-0.3, -0.25) is 0 Å². The number of imidazole rings is 1. The average Bonchev–Trinajstić information content (AvgIpc) is 3.21. The molecule has 0 bridgehead atoms. The number of nitrogens with one attached hydrogen (secondary N) is 1. The molecule has 0 spiro atoms. The van der Waals surface area contributed by atoms with Crippen molar-refractivity contribution in [1.29, 1.82) is 0 Å². The summed E-state index contributed by atoms with van der Waals surface area (Å²) in [4.78, 5) is 15.9. The zero-order valence-electron chi connectivity index (χ0n) is 24.9. The Kier molecular flexibility index (Phi) is 13.2. The zero-order valence-corrected chi connectivity index (χ0v) is 24.9. The van der Waals surface area contributed by atoms with E-state index in [1.54, 1.807) is 19.2 Å². The van der Waals surface area contributed by atoms with Gasteiger partial charge in [0.05, 0.1) is 23.5 Å². The number of nitrogens with zero attached hydrogens (tertiary/aromatic N) is 5. The molecule has 0 fully saturated rings. The summed E-state index contributed by atoms with van der Waals surface area (Å²) in [5, 5.41) is 3.28. The number of guanidine groups is 1. The Balaban J connectivity index is 2.61. The van der Waals surface area contributed by atoms with Gasteiger partial charge in [-0.1, -0.05) is 60.7 Å². The molecule has 1 unspecified atom stereocenters. The fraction of sp³-hybridized carbons (Fsp3) is 0.344. The second kappa shape index (κ2) is 16.3. The van der Waals surface area contributed by atoms with E-state index in [-0.39, 0.29) is 12.6 Å². The normalized spacial score (nSPS) is 14.7. The molecule has 1 aromatic heterocycles. The van der Waals surface area contributed by atoms with E-state index in [0.717, 1.165) is 17.7 Å². The van der Waals surface area contributed by atoms with Gasteiger partial charge in [0.1, 0.15) is 5.82 Å². The first-order valence-electron chi connectivity index (χ1n) is 13.5. The molecule has 0 aliphatic heterocycles. The van der Waals surface area contributed by atoms with Crippen LogP contribution in [0.2, 0.25) is 0 Å². The third kappa shape index (κ3) is 10.8. The number of alkyl halides is 3. The largest absolute Gasteiger partial charge is 0.416 e. The predicted octanol–water partition coefficient (Wildman–Crippen LogP) is 7.47. The van der Waals surface area contributed by atoms with Crippen molar-refractivity contribution in [3.05, 3.63) is 95.5 Å². The van der Waals surface area contributed by atoms with E-state index in [0.29, 0.717) is 35.3 Å². The summed E-state index contributed by atoms with van der Waals surface area (Å²) in [6.07, 6.45) is 14.8. The molecule has 0 saturated carbocycles. The number of likely N-dealkylation sites (N-methyl/N-ethyl adjacent to an activating group) is 1. The van der Waals surface area contributed by atoms with Gasteiger partial charge in [-0.2, -0.15) is 13.2 Å². The third-order valence-electron chi connectivity index (χ3n) is 5.74. The summed E-state index contributed by atoms with van der Waals surface area (Å²) in [5.74, 6) is 1.05. The molecule has 0 amide bonds. The molecular formula is C32H41F3N6. The molecule has 0 saturated heterocycles. The van der Waals surface area contributed by atoms with Gasteiger partial charge in [0.2, 0.25) is 5.96 Å². The first-order chi connectivity index (χ1) is 19.5. The lowest BCUT2D eigenvalue weighted by Gasteiger charge is -2.14. The van der Waals surface area contributed by atoms with Crippen LogP contribution in [0.5, 0.6) is 0 Å². The molecule has 1 aromatic carbocycles. The van der Waals surface area contributed by atoms with E-state index in [4.69, 9.17) is 9.98 Å². The average molecular weight is 567 g/mol. The van der Waals surface area contributed by atoms with Gasteiger partial charge in [-0.15, -0.1) is 0 Å². The van der Waals surface area contributed by atoms with E-state index in [1.807, 2.05) is 106 Å². The number of rotatable bonds is 11. The summed E-state index contributed by atoms with van der Waals surface area (Å²) < 4.78 is 42.6. The van der Waals surface area contributed by atoms with Crippen molar-refractivity contribution >= 4 is 18.4 Å². The summed E-state index contributed by atoms with van der Waals surface area (Å²) in [6.45, 7) is 10.3. The van der Waals surface area contributed by atoms with Crippen LogP contribution in [-0.4, -0.2) is 53.3 Å². The van der Waals surface area contributed by atoms with Crippen LogP contribution in [-0.2, 0) is 12.7 Å². The summed E-state index contributed by atoms with van der Waals surface area (Å²) in [7, 11) is 3.95. The van der Waals surface area contributed by atoms with Crippen LogP contribution < -0.4 is 5.32 Å². The Morgan fingerprint density at radius 2 is 1.83 bits per heavy atom. The van der Waals surface area contributed by atoms with Crippen molar-refractivity contribution < 1.29 is 13.2 Å². The molecular weight excluding hydrogens is 525 g/mol. The minimum atomic E-state index is -4.46. The van der Waals surface area contributed by atoms with E-state index < -0.39 is 11.7 Å². The highest BCUT2D eigenvalue weighted by Gasteiger charge is 2.31. The highest BCUT2D eigenvalue weighted by Crippen LogP contribution is 2.33. The van der Waals surface area contributed by atoms with Gasteiger partial charge in [0.25, 0.3) is 0 Å². The van der Waals surface area contributed by atoms with Crippen LogP contribution in [0, 0.1) is 6.92 Å². The number of allylic oxidation sites excluding steroid dienone is 6. The highest BCUT2D eigenvalue weighted by molar-refractivity contribution is 5.87. The quantitative estimate of drug-likeness (QED) is 0.174. The number of hydrogen-bond acceptors (Lipinski definition) is 3. The van der Waals surface area contributed by atoms with Crippen molar-refractivity contribution in [2.45, 2.75) is 53.4 Å². The Bertz CT molecular complexity index is 1340. The SMILES string of the molecule is C\C=C/C=C\C=C\C(C)NC(=NCc1c(-c2cccc(C(F)(F)F)c2)nc(C)n1/C=C(\C=C/C)CN(C)C)/N=C\C. The van der Waals surface area contributed by atoms with E-state index in [9.17, 15) is 13.2 Å². The van der Waals surface area contributed by atoms with Gasteiger partial charge < -0.3 is 14.8 Å². The van der Waals surface area contributed by atoms with Crippen molar-refractivity contribution in [1.82, 2.24) is 19.8 Å². The Morgan fingerprint density at radius 1 is 1.10 bits per heavy atom. The van der Waals surface area contributed by atoms with Crippen LogP contribution >= 0.6 is 0 Å². The zero-order chi connectivity index (χ0) is 30.4. The monoisotopic (exact) mass is 566 g/mol. The van der Waals surface area contributed by atoms with Crippen molar-refractivity contribution in [2.24, 2.45) is 9.98 Å². The molecule has 1 heterocycles. The minimum absolute atomic E-state index is 0.0661. The first kappa shape index (κ1) is 33.2. The number of aryl methyl sites for hydroxylation is 1. The second-order valence-electron chi connectivity index (χ2n) is 9.60. The minimum Gasteiger partial charge on any atom is -0.349 e. The predicted molar refractivity (Wildman–Crippen MR) is 166 cm³/mol. The van der Waals surface area contributed by atoms with Crippen LogP contribution in [0.15, 0.2) is 88.4 Å². The topological polar surface area (TPSA) is 57.8 Å². The second-order valence-corrected chi connectivity index (χ2v) is 9.60. The Morgan fingerprint density at radius 3 is 2.46 bits per heavy atom. The first-order valence-corrected chi connectivity index (χ1v) is 13.5. The van der Waals surface area contributed by atoms with Crippen molar-refractivity contribution in [3.63, 3.8) is 0 Å². The maximum Gasteiger partial charge on any atom is 0.416 e. The van der Waals surface area contributed by atoms with Crippen LogP contribution in [0.3, 0.4) is 0 Å². The lowest BCUT2D eigenvalue weighted by molar-refractivity contribution is -0.137. The number of aromatic nitrogens is 2. The smallest absolute Gasteiger partial charge is 0.349 e. The molecule has 220 valence electrons. The van der Waals surface area contributed by atoms with Gasteiger partial charge >= 0.3 is 6.18 Å². The van der Waals surface area contributed by atoms with Crippen LogP contribution in [0.1, 0.15) is 44.8 Å². The molecule has 0 radical (unpaired) electrons. The van der Waals surface area contributed by atoms with Crippen molar-refractivity contribution in [3.8, 4) is 11.3 Å². The Labute approximate surface area is 242 Å². The molecule has 2 rings (SSSR count). The molecule has 2 aromatic rings. The lowest BCUT2D eigenvalue weighted by atomic mass is 10.1. The highest BCUT2D eigenvalue weighted by atomic mass is 19.4. The molecule has 9 heteroatoms. The number of halogens is 3. The molecule has 1 N–H and O–H groups in total. The van der Waals surface area contributed by atoms with Gasteiger partial charge in [0.15, 0.2) is 0 Å². The van der Waals surface area contributed by atoms with E-state index >= 15 is 0 Å². The fourth-order valence-electron chi connectivity index (χ4n) is 3.99. The fourth-order valence-corrected chi connectivity index (χ4v) is 3.99. The maximum atomic E-state index is 13.6. The lowest BCUT2D eigenvalue weighted by Crippen LogP contribution is -2.30. The summed E-state index contributed by atoms with van der Waals surface area (Å²) in [6, 6.07) is 5.17. The van der Waals surface area contributed by atoms with Crippen molar-refractivity contribution in [2.75, 3.05) is 20.6 Å². The maximum absolute atomic E-state index is 13.6. The van der Waals surface area contributed by atoms with E-state index in [1.165, 1.54) is 6.07 Å². The van der Waals surface area contributed by atoms with Crippen LogP contribution in [0.25, 0.3) is 17.5 Å². The van der Waals surface area contributed by atoms with E-state index in [2.05, 4.69) is 10.3 Å². The van der Waals surface area contributed by atoms with Gasteiger partial charge in [-0.25, -0.2) is 15.0 Å². The molecule has 0 aliphatic rings. The van der Waals surface area contributed by atoms with Gasteiger partial charge in [0, 0.05) is 30.6 Å². The summed E-state index contributed by atoms with van der Waals surface area (Å²) >= 11 is 0. The molecule has 0 aliphatic carbocycles. The number of aliphatic imine (C=N–C) groups is 2. The molecule has 1 atom stereocenters. The standard InChI is InChI=1S/C32H41F3N6/c1-8-11-12-13-14-17-24(4)38-31(36-10-3)37-21-29-30(27-18-15-19-28(20-27)32(33,34)35)39-25(5)41(29)23-26(16-9-2)22-40(6)7/h8-20,23-24H,21-22H2,1-7H3,(H,37,38)/b11-8-,13-12-,16-9-,17-14+,26-23+,36-10-. The Hall–Kier alpha value is -3.98. The third-order valence-corrected chi connectivity index (χ3v) is 5.74. The van der Waals surface area contributed by atoms with Crippen LogP contribution in [0.4, 0.5) is 13.2 Å². The molecule has 6 nitrogen and oxygen atoms in total. The number of benzene rings is 1.